The standard InChI is InChI=1S/C16H24N2/c1-12-2-4-13(5-3-12)15(17)10-18-11-16(8-9-16)14-6-7-14/h2-5,14-15,18H,6-11,17H2,1H3. The Hall–Kier alpha value is -0.860. The molecule has 0 amide bonds. The van der Waals surface area contributed by atoms with Crippen molar-refractivity contribution in [1.82, 2.24) is 5.32 Å². The van der Waals surface area contributed by atoms with Crippen LogP contribution in [0.15, 0.2) is 24.3 Å². The maximum atomic E-state index is 6.22. The zero-order valence-electron chi connectivity index (χ0n) is 11.3. The number of hydrogen-bond acceptors (Lipinski definition) is 2. The zero-order valence-corrected chi connectivity index (χ0v) is 11.3. The van der Waals surface area contributed by atoms with Crippen molar-refractivity contribution in [3.63, 3.8) is 0 Å². The number of nitrogens with one attached hydrogen (secondary N) is 1. The second-order valence-electron chi connectivity index (χ2n) is 6.28. The van der Waals surface area contributed by atoms with Crippen LogP contribution in [0.5, 0.6) is 0 Å². The first-order valence-electron chi connectivity index (χ1n) is 7.22. The molecule has 2 aliphatic carbocycles. The van der Waals surface area contributed by atoms with Crippen molar-refractivity contribution in [2.24, 2.45) is 17.1 Å². The van der Waals surface area contributed by atoms with E-state index in [1.165, 1.54) is 43.4 Å². The average Bonchev–Trinajstić information content (AvgIpc) is 3.23. The second kappa shape index (κ2) is 4.67. The molecule has 0 aliphatic heterocycles. The molecular weight excluding hydrogens is 220 g/mol. The van der Waals surface area contributed by atoms with Crippen molar-refractivity contribution in [1.29, 1.82) is 0 Å². The topological polar surface area (TPSA) is 38.0 Å². The minimum atomic E-state index is 0.126. The molecule has 1 aromatic carbocycles. The Morgan fingerprint density at radius 2 is 1.94 bits per heavy atom. The van der Waals surface area contributed by atoms with Gasteiger partial charge in [-0.3, -0.25) is 0 Å². The van der Waals surface area contributed by atoms with Gasteiger partial charge in [0.15, 0.2) is 0 Å². The summed E-state index contributed by atoms with van der Waals surface area (Å²) in [6.07, 6.45) is 5.80. The summed E-state index contributed by atoms with van der Waals surface area (Å²) in [5.41, 5.74) is 9.43. The van der Waals surface area contributed by atoms with Crippen molar-refractivity contribution >= 4 is 0 Å². The molecule has 3 rings (SSSR count). The molecule has 2 heteroatoms. The lowest BCUT2D eigenvalue weighted by atomic mass is 10.0. The summed E-state index contributed by atoms with van der Waals surface area (Å²) in [6.45, 7) is 4.19. The quantitative estimate of drug-likeness (QED) is 0.807. The fourth-order valence-corrected chi connectivity index (χ4v) is 2.99. The highest BCUT2D eigenvalue weighted by Crippen LogP contribution is 2.60. The van der Waals surface area contributed by atoms with Crippen LogP contribution in [-0.4, -0.2) is 13.1 Å². The maximum absolute atomic E-state index is 6.22. The van der Waals surface area contributed by atoms with E-state index in [0.29, 0.717) is 5.41 Å². The Balaban J connectivity index is 1.46. The van der Waals surface area contributed by atoms with E-state index >= 15 is 0 Å². The Labute approximate surface area is 110 Å². The molecule has 2 nitrogen and oxygen atoms in total. The molecule has 18 heavy (non-hydrogen) atoms. The lowest BCUT2D eigenvalue weighted by Crippen LogP contribution is -2.32. The van der Waals surface area contributed by atoms with E-state index in [4.69, 9.17) is 5.73 Å². The van der Waals surface area contributed by atoms with Crippen LogP contribution in [0.2, 0.25) is 0 Å². The third kappa shape index (κ3) is 2.60. The summed E-state index contributed by atoms with van der Waals surface area (Å²) >= 11 is 0. The molecule has 0 heterocycles. The third-order valence-corrected chi connectivity index (χ3v) is 4.68. The Kier molecular flexibility index (Phi) is 3.16. The predicted octanol–water partition coefficient (Wildman–Crippen LogP) is 2.77. The lowest BCUT2D eigenvalue weighted by Gasteiger charge is -2.18. The number of rotatable bonds is 6. The van der Waals surface area contributed by atoms with E-state index in [1.807, 2.05) is 0 Å². The van der Waals surface area contributed by atoms with E-state index in [2.05, 4.69) is 36.5 Å². The molecule has 0 radical (unpaired) electrons. The van der Waals surface area contributed by atoms with Gasteiger partial charge in [-0.15, -0.1) is 0 Å². The normalized spacial score (nSPS) is 22.8. The minimum Gasteiger partial charge on any atom is -0.323 e. The molecule has 98 valence electrons. The fraction of sp³-hybridized carbons (Fsp3) is 0.625. The van der Waals surface area contributed by atoms with Crippen molar-refractivity contribution in [3.8, 4) is 0 Å². The number of aryl methyl sites for hydroxylation is 1. The first-order chi connectivity index (χ1) is 8.70. The summed E-state index contributed by atoms with van der Waals surface area (Å²) in [7, 11) is 0. The first-order valence-corrected chi connectivity index (χ1v) is 7.22. The first kappa shape index (κ1) is 12.2. The van der Waals surface area contributed by atoms with Gasteiger partial charge in [-0.1, -0.05) is 29.8 Å². The summed E-state index contributed by atoms with van der Waals surface area (Å²) < 4.78 is 0. The van der Waals surface area contributed by atoms with E-state index in [-0.39, 0.29) is 6.04 Å². The van der Waals surface area contributed by atoms with Gasteiger partial charge in [-0.2, -0.15) is 0 Å². The number of nitrogens with two attached hydrogens (primary N) is 1. The number of hydrogen-bond donors (Lipinski definition) is 2. The van der Waals surface area contributed by atoms with Crippen LogP contribution < -0.4 is 11.1 Å². The van der Waals surface area contributed by atoms with Crippen molar-refractivity contribution in [2.45, 2.75) is 38.6 Å². The Morgan fingerprint density at radius 1 is 1.28 bits per heavy atom. The molecule has 1 unspecified atom stereocenters. The van der Waals surface area contributed by atoms with Crippen LogP contribution >= 0.6 is 0 Å². The van der Waals surface area contributed by atoms with Gasteiger partial charge in [0.25, 0.3) is 0 Å². The predicted molar refractivity (Wildman–Crippen MR) is 75.4 cm³/mol. The van der Waals surface area contributed by atoms with Crippen LogP contribution in [0.4, 0.5) is 0 Å². The van der Waals surface area contributed by atoms with E-state index in [9.17, 15) is 0 Å². The minimum absolute atomic E-state index is 0.126. The van der Waals surface area contributed by atoms with Gasteiger partial charge < -0.3 is 11.1 Å². The van der Waals surface area contributed by atoms with Crippen molar-refractivity contribution < 1.29 is 0 Å². The van der Waals surface area contributed by atoms with Gasteiger partial charge in [-0.05, 0) is 49.5 Å². The number of benzene rings is 1. The van der Waals surface area contributed by atoms with Crippen LogP contribution in [0.25, 0.3) is 0 Å². The van der Waals surface area contributed by atoms with E-state index < -0.39 is 0 Å². The van der Waals surface area contributed by atoms with Crippen LogP contribution in [-0.2, 0) is 0 Å². The van der Waals surface area contributed by atoms with Gasteiger partial charge in [0.1, 0.15) is 0 Å². The highest BCUT2D eigenvalue weighted by atomic mass is 14.9. The zero-order chi connectivity index (χ0) is 12.6. The Morgan fingerprint density at radius 3 is 2.50 bits per heavy atom. The van der Waals surface area contributed by atoms with E-state index in [0.717, 1.165) is 12.5 Å². The summed E-state index contributed by atoms with van der Waals surface area (Å²) in [5.74, 6) is 1.03. The maximum Gasteiger partial charge on any atom is 0.0421 e. The Bertz CT molecular complexity index is 402. The second-order valence-corrected chi connectivity index (χ2v) is 6.28. The molecule has 0 saturated heterocycles. The highest BCUT2D eigenvalue weighted by molar-refractivity contribution is 5.24. The van der Waals surface area contributed by atoms with Gasteiger partial charge in [-0.25, -0.2) is 0 Å². The van der Waals surface area contributed by atoms with Gasteiger partial charge in [0.2, 0.25) is 0 Å². The smallest absolute Gasteiger partial charge is 0.0421 e. The molecule has 1 aromatic rings. The fourth-order valence-electron chi connectivity index (χ4n) is 2.99. The molecular formula is C16H24N2. The monoisotopic (exact) mass is 244 g/mol. The molecule has 0 bridgehead atoms. The van der Waals surface area contributed by atoms with Crippen LogP contribution in [0, 0.1) is 18.3 Å². The SMILES string of the molecule is Cc1ccc(C(N)CNCC2(C3CC3)CC2)cc1. The molecule has 2 fully saturated rings. The average molecular weight is 244 g/mol. The largest absolute Gasteiger partial charge is 0.323 e. The van der Waals surface area contributed by atoms with Crippen LogP contribution in [0.3, 0.4) is 0 Å². The third-order valence-electron chi connectivity index (χ3n) is 4.68. The summed E-state index contributed by atoms with van der Waals surface area (Å²) in [4.78, 5) is 0. The van der Waals surface area contributed by atoms with Gasteiger partial charge in [0, 0.05) is 19.1 Å². The highest BCUT2D eigenvalue weighted by Gasteiger charge is 2.53. The van der Waals surface area contributed by atoms with E-state index in [1.54, 1.807) is 0 Å². The molecule has 2 saturated carbocycles. The lowest BCUT2D eigenvalue weighted by molar-refractivity contribution is 0.397. The van der Waals surface area contributed by atoms with Crippen molar-refractivity contribution in [2.75, 3.05) is 13.1 Å². The van der Waals surface area contributed by atoms with Crippen LogP contribution in [0.1, 0.15) is 42.9 Å². The molecule has 3 N–H and O–H groups in total. The molecule has 0 spiro atoms. The summed E-state index contributed by atoms with van der Waals surface area (Å²) in [6, 6.07) is 8.70. The molecule has 1 atom stereocenters. The van der Waals surface area contributed by atoms with Crippen molar-refractivity contribution in [3.05, 3.63) is 35.4 Å². The molecule has 0 aromatic heterocycles. The van der Waals surface area contributed by atoms with Gasteiger partial charge >= 0.3 is 0 Å². The molecule has 2 aliphatic rings. The summed E-state index contributed by atoms with van der Waals surface area (Å²) in [5, 5.41) is 3.60. The van der Waals surface area contributed by atoms with Gasteiger partial charge in [0.05, 0.1) is 0 Å².